The fraction of sp³-hybridized carbons (Fsp3) is 0.333. The van der Waals surface area contributed by atoms with E-state index in [2.05, 4.69) is 14.7 Å². The molecular formula is C27H27N5O5S3. The normalized spacial score (nSPS) is 18.6. The van der Waals surface area contributed by atoms with E-state index in [1.165, 1.54) is 29.6 Å². The summed E-state index contributed by atoms with van der Waals surface area (Å²) in [5.74, 6) is 0.301. The Balaban J connectivity index is 1.31. The number of carbonyl (C=O) groups is 2. The molecule has 13 heteroatoms. The summed E-state index contributed by atoms with van der Waals surface area (Å²) in [5.41, 5.74) is 1.61. The van der Waals surface area contributed by atoms with Gasteiger partial charge in [0.1, 0.15) is 15.4 Å². The highest BCUT2D eigenvalue weighted by molar-refractivity contribution is 7.89. The number of anilines is 1. The number of likely N-dealkylation sites (tertiary alicyclic amines) is 1. The van der Waals surface area contributed by atoms with Gasteiger partial charge in [0.2, 0.25) is 27.7 Å². The van der Waals surface area contributed by atoms with Gasteiger partial charge in [-0.05, 0) is 47.7 Å². The molecule has 4 aromatic rings. The molecule has 2 aliphatic rings. The van der Waals surface area contributed by atoms with Crippen LogP contribution in [0.3, 0.4) is 0 Å². The summed E-state index contributed by atoms with van der Waals surface area (Å²) in [6, 6.07) is 12.2. The molecule has 1 fully saturated rings. The number of sulfonamides is 1. The van der Waals surface area contributed by atoms with Crippen molar-refractivity contribution in [2.45, 2.75) is 36.6 Å². The number of hydrogen-bond donors (Lipinski definition) is 1. The number of pyridine rings is 1. The molecule has 208 valence electrons. The molecule has 1 spiro atoms. The van der Waals surface area contributed by atoms with Crippen molar-refractivity contribution in [2.75, 3.05) is 31.6 Å². The molecule has 1 unspecified atom stereocenters. The van der Waals surface area contributed by atoms with Crippen molar-refractivity contribution in [3.63, 3.8) is 0 Å². The first-order valence-corrected chi connectivity index (χ1v) is 15.9. The SMILES string of the molecule is COc1ccc2nc(CC(=O)N3CC4(CCN(C(C)=O)C4)c4cc(S(=O)(=O)NCc5cccs5)ccc43)sc2n1. The molecular weight excluding hydrogens is 571 g/mol. The predicted octanol–water partition coefficient (Wildman–Crippen LogP) is 3.32. The molecule has 0 saturated carbocycles. The summed E-state index contributed by atoms with van der Waals surface area (Å²) < 4.78 is 34.3. The maximum Gasteiger partial charge on any atom is 0.240 e. The van der Waals surface area contributed by atoms with E-state index in [1.54, 1.807) is 41.2 Å². The number of hydrogen-bond acceptors (Lipinski definition) is 9. The Bertz CT molecular complexity index is 1720. The zero-order valence-electron chi connectivity index (χ0n) is 21.9. The smallest absolute Gasteiger partial charge is 0.240 e. The molecule has 10 nitrogen and oxygen atoms in total. The van der Waals surface area contributed by atoms with Gasteiger partial charge in [0.25, 0.3) is 0 Å². The third-order valence-corrected chi connectivity index (χ3v) is 10.7. The van der Waals surface area contributed by atoms with Crippen LogP contribution in [-0.4, -0.2) is 61.8 Å². The predicted molar refractivity (Wildman–Crippen MR) is 153 cm³/mol. The zero-order valence-corrected chi connectivity index (χ0v) is 24.4. The average molecular weight is 598 g/mol. The van der Waals surface area contributed by atoms with Crippen molar-refractivity contribution in [3.8, 4) is 5.88 Å². The van der Waals surface area contributed by atoms with Gasteiger partial charge in [-0.15, -0.1) is 11.3 Å². The molecule has 1 atom stereocenters. The number of nitrogens with zero attached hydrogens (tertiary/aromatic N) is 4. The van der Waals surface area contributed by atoms with Crippen molar-refractivity contribution >= 4 is 60.5 Å². The number of rotatable bonds is 7. The maximum atomic E-state index is 13.7. The minimum Gasteiger partial charge on any atom is -0.481 e. The Kier molecular flexibility index (Phi) is 6.85. The van der Waals surface area contributed by atoms with Crippen LogP contribution in [-0.2, 0) is 38.0 Å². The number of thiophene rings is 1. The third kappa shape index (κ3) is 4.87. The Morgan fingerprint density at radius 3 is 2.73 bits per heavy atom. The fourth-order valence-corrected chi connectivity index (χ4v) is 8.13. The van der Waals surface area contributed by atoms with E-state index in [4.69, 9.17) is 4.74 Å². The molecule has 6 rings (SSSR count). The largest absolute Gasteiger partial charge is 0.481 e. The van der Waals surface area contributed by atoms with Crippen LogP contribution in [0.5, 0.6) is 5.88 Å². The summed E-state index contributed by atoms with van der Waals surface area (Å²) in [5, 5.41) is 2.54. The number of thiazole rings is 1. The summed E-state index contributed by atoms with van der Waals surface area (Å²) >= 11 is 2.83. The minimum absolute atomic E-state index is 0.0398. The van der Waals surface area contributed by atoms with Crippen LogP contribution in [0.25, 0.3) is 10.3 Å². The molecule has 2 aliphatic heterocycles. The van der Waals surface area contributed by atoms with E-state index in [1.807, 2.05) is 23.6 Å². The number of fused-ring (bicyclic) bond motifs is 3. The average Bonchev–Trinajstić information content (AvgIpc) is 3.73. The number of ether oxygens (including phenoxy) is 1. The van der Waals surface area contributed by atoms with E-state index in [0.717, 1.165) is 10.4 Å². The van der Waals surface area contributed by atoms with Gasteiger partial charge in [-0.1, -0.05) is 17.4 Å². The molecule has 3 aromatic heterocycles. The van der Waals surface area contributed by atoms with Gasteiger partial charge in [0, 0.05) is 55.1 Å². The summed E-state index contributed by atoms with van der Waals surface area (Å²) in [4.78, 5) is 40.1. The first-order chi connectivity index (χ1) is 19.2. The summed E-state index contributed by atoms with van der Waals surface area (Å²) in [6.07, 6.45) is 0.720. The molecule has 0 bridgehead atoms. The van der Waals surface area contributed by atoms with Gasteiger partial charge in [0.15, 0.2) is 0 Å². The van der Waals surface area contributed by atoms with Gasteiger partial charge in [-0.2, -0.15) is 0 Å². The van der Waals surface area contributed by atoms with E-state index in [9.17, 15) is 18.0 Å². The lowest BCUT2D eigenvalue weighted by molar-refractivity contribution is -0.127. The van der Waals surface area contributed by atoms with Gasteiger partial charge in [-0.3, -0.25) is 9.59 Å². The lowest BCUT2D eigenvalue weighted by Gasteiger charge is -2.25. The second-order valence-electron chi connectivity index (χ2n) is 10.00. The van der Waals surface area contributed by atoms with Crippen molar-refractivity contribution in [2.24, 2.45) is 0 Å². The first kappa shape index (κ1) is 26.8. The highest BCUT2D eigenvalue weighted by Gasteiger charge is 2.49. The first-order valence-electron chi connectivity index (χ1n) is 12.7. The van der Waals surface area contributed by atoms with E-state index in [-0.39, 0.29) is 29.7 Å². The monoisotopic (exact) mass is 597 g/mol. The highest BCUT2D eigenvalue weighted by Crippen LogP contribution is 2.47. The van der Waals surface area contributed by atoms with Crippen molar-refractivity contribution in [3.05, 3.63) is 63.3 Å². The van der Waals surface area contributed by atoms with Gasteiger partial charge >= 0.3 is 0 Å². The summed E-state index contributed by atoms with van der Waals surface area (Å²) in [7, 11) is -2.25. The third-order valence-electron chi connectivity index (χ3n) is 7.50. The van der Waals surface area contributed by atoms with Crippen molar-refractivity contribution in [1.29, 1.82) is 0 Å². The van der Waals surface area contributed by atoms with Gasteiger partial charge < -0.3 is 14.5 Å². The molecule has 1 aromatic carbocycles. The maximum absolute atomic E-state index is 13.7. The van der Waals surface area contributed by atoms with E-state index >= 15 is 0 Å². The Hall–Kier alpha value is -3.39. The number of carbonyl (C=O) groups excluding carboxylic acids is 2. The number of benzene rings is 1. The van der Waals surface area contributed by atoms with Crippen molar-refractivity contribution < 1.29 is 22.7 Å². The zero-order chi connectivity index (χ0) is 28.1. The molecule has 1 saturated heterocycles. The lowest BCUT2D eigenvalue weighted by atomic mass is 9.81. The van der Waals surface area contributed by atoms with Crippen LogP contribution in [0, 0.1) is 0 Å². The lowest BCUT2D eigenvalue weighted by Crippen LogP contribution is -2.40. The minimum atomic E-state index is -3.79. The molecule has 40 heavy (non-hydrogen) atoms. The molecule has 5 heterocycles. The molecule has 0 radical (unpaired) electrons. The van der Waals surface area contributed by atoms with Crippen molar-refractivity contribution in [1.82, 2.24) is 19.6 Å². The second-order valence-corrected chi connectivity index (χ2v) is 13.9. The van der Waals surface area contributed by atoms with Crippen LogP contribution in [0.15, 0.2) is 52.7 Å². The Morgan fingerprint density at radius 2 is 2.00 bits per heavy atom. The highest BCUT2D eigenvalue weighted by atomic mass is 32.2. The number of aromatic nitrogens is 2. The Morgan fingerprint density at radius 1 is 1.15 bits per heavy atom. The fourth-order valence-electron chi connectivity index (χ4n) is 5.45. The van der Waals surface area contributed by atoms with Gasteiger partial charge in [0.05, 0.1) is 18.4 Å². The number of nitrogens with one attached hydrogen (secondary N) is 1. The standard InChI is InChI=1S/C27H27N5O5S3/c1-17(33)31-10-9-27(15-31)16-32(25(34)13-24-29-21-6-8-23(37-2)30-26(21)39-24)22-7-5-19(12-20(22)27)40(35,36)28-14-18-4-3-11-38-18/h3-8,11-12,28H,9-10,13-16H2,1-2H3. The van der Waals surface area contributed by atoms with Crippen LogP contribution >= 0.6 is 22.7 Å². The number of methoxy groups -OCH3 is 1. The quantitative estimate of drug-likeness (QED) is 0.347. The molecule has 0 aliphatic carbocycles. The van der Waals surface area contributed by atoms with Crippen LogP contribution in [0.1, 0.15) is 28.8 Å². The summed E-state index contributed by atoms with van der Waals surface area (Å²) in [6.45, 7) is 3.08. The van der Waals surface area contributed by atoms with E-state index in [0.29, 0.717) is 53.0 Å². The van der Waals surface area contributed by atoms with Crippen LogP contribution < -0.4 is 14.4 Å². The Labute approximate surface area is 239 Å². The van der Waals surface area contributed by atoms with E-state index < -0.39 is 15.4 Å². The van der Waals surface area contributed by atoms with Crippen LogP contribution in [0.2, 0.25) is 0 Å². The number of amides is 2. The topological polar surface area (TPSA) is 122 Å². The molecule has 1 N–H and O–H groups in total. The van der Waals surface area contributed by atoms with Gasteiger partial charge in [-0.25, -0.2) is 23.1 Å². The molecule has 2 amide bonds. The second kappa shape index (κ2) is 10.2. The van der Waals surface area contributed by atoms with Crippen LogP contribution in [0.4, 0.5) is 5.69 Å².